The standard InChI is InChI=1S/C27H36N2O2S/c1-4-25(27(31)28-23-7-5-6-8-23)29(19-22-13-9-20(2)10-14-22)26(30)17-18-32-24-15-11-21(3)12-16-24/h9-16,23,25H,4-8,17-19H2,1-3H3,(H,28,31)/t25-/m0/s1. The summed E-state index contributed by atoms with van der Waals surface area (Å²) >= 11 is 1.69. The Labute approximate surface area is 197 Å². The van der Waals surface area contributed by atoms with Gasteiger partial charge in [-0.05, 0) is 50.8 Å². The average molecular weight is 453 g/mol. The minimum Gasteiger partial charge on any atom is -0.352 e. The van der Waals surface area contributed by atoms with Crippen molar-refractivity contribution in [1.29, 1.82) is 0 Å². The molecule has 172 valence electrons. The van der Waals surface area contributed by atoms with Crippen LogP contribution in [0.3, 0.4) is 0 Å². The quantitative estimate of drug-likeness (QED) is 0.474. The van der Waals surface area contributed by atoms with E-state index in [4.69, 9.17) is 0 Å². The van der Waals surface area contributed by atoms with Gasteiger partial charge in [0.1, 0.15) is 6.04 Å². The normalized spacial score (nSPS) is 14.8. The molecule has 0 aliphatic heterocycles. The van der Waals surface area contributed by atoms with Crippen LogP contribution < -0.4 is 5.32 Å². The van der Waals surface area contributed by atoms with Crippen molar-refractivity contribution in [3.05, 3.63) is 65.2 Å². The summed E-state index contributed by atoms with van der Waals surface area (Å²) in [5, 5.41) is 3.21. The third-order valence-corrected chi connectivity index (χ3v) is 7.18. The molecule has 0 heterocycles. The second kappa shape index (κ2) is 12.1. The van der Waals surface area contributed by atoms with Crippen molar-refractivity contribution < 1.29 is 9.59 Å². The molecule has 0 bridgehead atoms. The van der Waals surface area contributed by atoms with Crippen molar-refractivity contribution in [2.75, 3.05) is 5.75 Å². The van der Waals surface area contributed by atoms with Gasteiger partial charge in [0.05, 0.1) is 0 Å². The van der Waals surface area contributed by atoms with Crippen LogP contribution in [-0.2, 0) is 16.1 Å². The average Bonchev–Trinajstić information content (AvgIpc) is 3.29. The van der Waals surface area contributed by atoms with Crippen LogP contribution in [0.5, 0.6) is 0 Å². The van der Waals surface area contributed by atoms with Crippen LogP contribution in [-0.4, -0.2) is 34.6 Å². The molecule has 0 spiro atoms. The second-order valence-corrected chi connectivity index (χ2v) is 10.0. The summed E-state index contributed by atoms with van der Waals surface area (Å²) in [6.45, 7) is 6.58. The zero-order chi connectivity index (χ0) is 22.9. The number of nitrogens with one attached hydrogen (secondary N) is 1. The van der Waals surface area contributed by atoms with Crippen LogP contribution in [0.2, 0.25) is 0 Å². The van der Waals surface area contributed by atoms with E-state index >= 15 is 0 Å². The molecule has 1 saturated carbocycles. The summed E-state index contributed by atoms with van der Waals surface area (Å²) in [7, 11) is 0. The Bertz CT molecular complexity index is 874. The highest BCUT2D eigenvalue weighted by Crippen LogP contribution is 2.22. The van der Waals surface area contributed by atoms with Crippen LogP contribution in [0.25, 0.3) is 0 Å². The summed E-state index contributed by atoms with van der Waals surface area (Å²) in [4.78, 5) is 29.4. The second-order valence-electron chi connectivity index (χ2n) is 8.83. The summed E-state index contributed by atoms with van der Waals surface area (Å²) in [6, 6.07) is 16.4. The minimum atomic E-state index is -0.436. The first kappa shape index (κ1) is 24.4. The van der Waals surface area contributed by atoms with Gasteiger partial charge in [0.2, 0.25) is 11.8 Å². The van der Waals surface area contributed by atoms with Gasteiger partial charge in [-0.3, -0.25) is 9.59 Å². The fourth-order valence-electron chi connectivity index (χ4n) is 4.21. The van der Waals surface area contributed by atoms with Crippen LogP contribution in [0.4, 0.5) is 0 Å². The lowest BCUT2D eigenvalue weighted by molar-refractivity contribution is -0.141. The number of rotatable bonds is 10. The first-order valence-corrected chi connectivity index (χ1v) is 12.8. The highest BCUT2D eigenvalue weighted by atomic mass is 32.2. The molecule has 0 unspecified atom stereocenters. The van der Waals surface area contributed by atoms with Gasteiger partial charge in [-0.1, -0.05) is 67.3 Å². The van der Waals surface area contributed by atoms with Gasteiger partial charge in [-0.15, -0.1) is 11.8 Å². The minimum absolute atomic E-state index is 0.00829. The summed E-state index contributed by atoms with van der Waals surface area (Å²) < 4.78 is 0. The number of benzene rings is 2. The molecule has 0 aromatic heterocycles. The molecule has 2 amide bonds. The van der Waals surface area contributed by atoms with Gasteiger partial charge in [-0.2, -0.15) is 0 Å². The molecule has 1 aliphatic rings. The lowest BCUT2D eigenvalue weighted by atomic mass is 10.1. The van der Waals surface area contributed by atoms with E-state index in [2.05, 4.69) is 67.7 Å². The number of nitrogens with zero attached hydrogens (tertiary/aromatic N) is 1. The predicted octanol–water partition coefficient (Wildman–Crippen LogP) is 5.65. The Morgan fingerprint density at radius 2 is 1.59 bits per heavy atom. The van der Waals surface area contributed by atoms with Gasteiger partial charge in [0.15, 0.2) is 0 Å². The van der Waals surface area contributed by atoms with Crippen molar-refractivity contribution in [3.8, 4) is 0 Å². The molecule has 3 rings (SSSR count). The Balaban J connectivity index is 1.68. The number of carbonyl (C=O) groups is 2. The van der Waals surface area contributed by atoms with Gasteiger partial charge in [0.25, 0.3) is 0 Å². The fourth-order valence-corrected chi connectivity index (χ4v) is 5.05. The Hall–Kier alpha value is -2.27. The summed E-state index contributed by atoms with van der Waals surface area (Å²) in [5.41, 5.74) is 3.48. The van der Waals surface area contributed by atoms with E-state index in [0.717, 1.165) is 18.4 Å². The first-order chi connectivity index (χ1) is 15.5. The lowest BCUT2D eigenvalue weighted by Gasteiger charge is -2.31. The van der Waals surface area contributed by atoms with Crippen molar-refractivity contribution in [2.45, 2.75) is 82.8 Å². The zero-order valence-electron chi connectivity index (χ0n) is 19.6. The van der Waals surface area contributed by atoms with Crippen molar-refractivity contribution in [3.63, 3.8) is 0 Å². The zero-order valence-corrected chi connectivity index (χ0v) is 20.4. The van der Waals surface area contributed by atoms with E-state index in [1.54, 1.807) is 16.7 Å². The summed E-state index contributed by atoms with van der Waals surface area (Å²) in [5.74, 6) is 0.733. The molecule has 2 aromatic carbocycles. The first-order valence-electron chi connectivity index (χ1n) is 11.8. The summed E-state index contributed by atoms with van der Waals surface area (Å²) in [6.07, 6.45) is 5.45. The molecule has 5 heteroatoms. The van der Waals surface area contributed by atoms with Crippen LogP contribution in [0.1, 0.15) is 62.1 Å². The van der Waals surface area contributed by atoms with E-state index in [1.165, 1.54) is 28.9 Å². The SMILES string of the molecule is CC[C@@H](C(=O)NC1CCCC1)N(Cc1ccc(C)cc1)C(=O)CCSc1ccc(C)cc1. The third-order valence-electron chi connectivity index (χ3n) is 6.17. The molecule has 0 saturated heterocycles. The number of hydrogen-bond acceptors (Lipinski definition) is 3. The number of hydrogen-bond donors (Lipinski definition) is 1. The van der Waals surface area contributed by atoms with E-state index in [9.17, 15) is 9.59 Å². The van der Waals surface area contributed by atoms with Gasteiger partial charge >= 0.3 is 0 Å². The molecule has 4 nitrogen and oxygen atoms in total. The lowest BCUT2D eigenvalue weighted by Crippen LogP contribution is -2.51. The smallest absolute Gasteiger partial charge is 0.243 e. The van der Waals surface area contributed by atoms with E-state index < -0.39 is 6.04 Å². The number of thioether (sulfide) groups is 1. The molecule has 1 fully saturated rings. The Morgan fingerprint density at radius 1 is 1.00 bits per heavy atom. The highest BCUT2D eigenvalue weighted by molar-refractivity contribution is 7.99. The third kappa shape index (κ3) is 7.13. The predicted molar refractivity (Wildman–Crippen MR) is 133 cm³/mol. The molecule has 1 N–H and O–H groups in total. The Morgan fingerprint density at radius 3 is 2.19 bits per heavy atom. The number of amides is 2. The molecule has 1 atom stereocenters. The van der Waals surface area contributed by atoms with Crippen molar-refractivity contribution in [2.24, 2.45) is 0 Å². The number of carbonyl (C=O) groups excluding carboxylic acids is 2. The molecule has 32 heavy (non-hydrogen) atoms. The van der Waals surface area contributed by atoms with Crippen molar-refractivity contribution >= 4 is 23.6 Å². The molecular weight excluding hydrogens is 416 g/mol. The van der Waals surface area contributed by atoms with E-state index in [0.29, 0.717) is 25.1 Å². The van der Waals surface area contributed by atoms with Gasteiger partial charge in [0, 0.05) is 29.7 Å². The van der Waals surface area contributed by atoms with Crippen LogP contribution >= 0.6 is 11.8 Å². The maximum atomic E-state index is 13.3. The monoisotopic (exact) mass is 452 g/mol. The highest BCUT2D eigenvalue weighted by Gasteiger charge is 2.30. The van der Waals surface area contributed by atoms with Crippen LogP contribution in [0.15, 0.2) is 53.4 Å². The van der Waals surface area contributed by atoms with Gasteiger partial charge < -0.3 is 10.2 Å². The topological polar surface area (TPSA) is 49.4 Å². The maximum absolute atomic E-state index is 13.3. The van der Waals surface area contributed by atoms with E-state index in [1.807, 2.05) is 6.92 Å². The number of aryl methyl sites for hydroxylation is 2. The molecule has 0 radical (unpaired) electrons. The largest absolute Gasteiger partial charge is 0.352 e. The maximum Gasteiger partial charge on any atom is 0.243 e. The molecular formula is C27H36N2O2S. The van der Waals surface area contributed by atoms with Crippen molar-refractivity contribution in [1.82, 2.24) is 10.2 Å². The Kier molecular flexibility index (Phi) is 9.22. The fraction of sp³-hybridized carbons (Fsp3) is 0.481. The molecule has 2 aromatic rings. The van der Waals surface area contributed by atoms with Gasteiger partial charge in [-0.25, -0.2) is 0 Å². The van der Waals surface area contributed by atoms with Crippen LogP contribution in [0, 0.1) is 13.8 Å². The van der Waals surface area contributed by atoms with E-state index in [-0.39, 0.29) is 17.9 Å². The molecule has 1 aliphatic carbocycles.